The first-order valence-corrected chi connectivity index (χ1v) is 10.8. The van der Waals surface area contributed by atoms with E-state index in [2.05, 4.69) is 31.4 Å². The molecule has 1 N–H and O–H groups in total. The lowest BCUT2D eigenvalue weighted by molar-refractivity contribution is 0.0936. The number of Topliss-reactive ketones (excluding diaryl/α,β-unsaturated/α-hetero) is 1. The first kappa shape index (κ1) is 21.3. The lowest BCUT2D eigenvalue weighted by Crippen LogP contribution is -2.29. The fraction of sp³-hybridized carbons (Fsp3) is 0.238. The predicted octanol–water partition coefficient (Wildman–Crippen LogP) is 4.35. The van der Waals surface area contributed by atoms with Crippen molar-refractivity contribution < 1.29 is 9.59 Å². The minimum atomic E-state index is -0.323. The molecule has 0 saturated heterocycles. The van der Waals surface area contributed by atoms with Gasteiger partial charge in [-0.3, -0.25) is 9.59 Å². The number of aromatic nitrogens is 3. The van der Waals surface area contributed by atoms with Gasteiger partial charge in [-0.05, 0) is 37.6 Å². The average molecular weight is 473 g/mol. The second-order valence-corrected chi connectivity index (χ2v) is 8.49. The van der Waals surface area contributed by atoms with Crippen LogP contribution in [0.4, 0.5) is 0 Å². The van der Waals surface area contributed by atoms with Gasteiger partial charge < -0.3 is 9.88 Å². The summed E-state index contributed by atoms with van der Waals surface area (Å²) in [5.41, 5.74) is 2.20. The third-order valence-corrected chi connectivity index (χ3v) is 6.04. The number of nitrogens with one attached hydrogen (secondary N) is 1. The number of carbonyl (C=O) groups is 2. The second kappa shape index (κ2) is 9.37. The Morgan fingerprint density at radius 1 is 1.14 bits per heavy atom. The molecule has 29 heavy (non-hydrogen) atoms. The van der Waals surface area contributed by atoms with Gasteiger partial charge in [0.2, 0.25) is 0 Å². The smallest absolute Gasteiger partial charge is 0.252 e. The number of benzene rings is 2. The van der Waals surface area contributed by atoms with Crippen molar-refractivity contribution in [1.29, 1.82) is 0 Å². The molecule has 0 spiro atoms. The summed E-state index contributed by atoms with van der Waals surface area (Å²) >= 11 is 4.69. The maximum atomic E-state index is 12.5. The molecule has 0 aliphatic carbocycles. The van der Waals surface area contributed by atoms with E-state index < -0.39 is 0 Å². The van der Waals surface area contributed by atoms with Gasteiger partial charge in [0.05, 0.1) is 11.8 Å². The number of hydrogen-bond acceptors (Lipinski definition) is 5. The summed E-state index contributed by atoms with van der Waals surface area (Å²) in [5, 5.41) is 12.0. The fourth-order valence-corrected chi connectivity index (χ4v) is 3.92. The molecule has 1 heterocycles. The summed E-state index contributed by atoms with van der Waals surface area (Å²) < 4.78 is 2.74. The molecule has 8 heteroatoms. The van der Waals surface area contributed by atoms with E-state index in [0.29, 0.717) is 22.1 Å². The number of rotatable bonds is 7. The van der Waals surface area contributed by atoms with Crippen LogP contribution in [0.15, 0.2) is 58.2 Å². The molecule has 6 nitrogen and oxygen atoms in total. The number of hydrogen-bond donors (Lipinski definition) is 1. The Morgan fingerprint density at radius 3 is 2.52 bits per heavy atom. The van der Waals surface area contributed by atoms with Crippen LogP contribution in [0.5, 0.6) is 0 Å². The maximum Gasteiger partial charge on any atom is 0.252 e. The molecule has 0 saturated carbocycles. The Balaban J connectivity index is 1.64. The van der Waals surface area contributed by atoms with Crippen LogP contribution in [0.1, 0.15) is 45.1 Å². The van der Waals surface area contributed by atoms with E-state index >= 15 is 0 Å². The third kappa shape index (κ3) is 5.13. The predicted molar refractivity (Wildman–Crippen MR) is 117 cm³/mol. The summed E-state index contributed by atoms with van der Waals surface area (Å²) in [6.45, 7) is 3.76. The minimum absolute atomic E-state index is 0.0213. The quantitative estimate of drug-likeness (QED) is 0.408. The Morgan fingerprint density at radius 2 is 1.83 bits per heavy atom. The Hall–Kier alpha value is -2.45. The van der Waals surface area contributed by atoms with Crippen LogP contribution >= 0.6 is 27.7 Å². The highest BCUT2D eigenvalue weighted by Crippen LogP contribution is 2.21. The van der Waals surface area contributed by atoms with Crippen LogP contribution in [0.3, 0.4) is 0 Å². The molecule has 2 aromatic carbocycles. The Bertz CT molecular complexity index is 1030. The molecule has 1 unspecified atom stereocenters. The van der Waals surface area contributed by atoms with Crippen molar-refractivity contribution in [1.82, 2.24) is 20.1 Å². The molecule has 0 aliphatic rings. The van der Waals surface area contributed by atoms with E-state index in [-0.39, 0.29) is 23.5 Å². The van der Waals surface area contributed by atoms with Gasteiger partial charge in [-0.2, -0.15) is 0 Å². The molecule has 3 aromatic rings. The lowest BCUT2D eigenvalue weighted by Gasteiger charge is -2.14. The van der Waals surface area contributed by atoms with Crippen molar-refractivity contribution in [2.75, 3.05) is 5.75 Å². The summed E-state index contributed by atoms with van der Waals surface area (Å²) in [6, 6.07) is 14.4. The number of thioether (sulfide) groups is 1. The highest BCUT2D eigenvalue weighted by molar-refractivity contribution is 9.10. The van der Waals surface area contributed by atoms with Crippen LogP contribution in [-0.2, 0) is 7.05 Å². The van der Waals surface area contributed by atoms with E-state index in [4.69, 9.17) is 0 Å². The van der Waals surface area contributed by atoms with Gasteiger partial charge in [-0.15, -0.1) is 10.2 Å². The standard InChI is InChI=1S/C21H21BrN4O2S/c1-13-6-4-5-7-17(13)20(28)23-14(2)19-24-25-21(26(19)3)29-12-18(27)15-8-10-16(22)11-9-15/h4-11,14H,12H2,1-3H3,(H,23,28). The average Bonchev–Trinajstić information content (AvgIpc) is 3.07. The van der Waals surface area contributed by atoms with Gasteiger partial charge in [-0.25, -0.2) is 0 Å². The second-order valence-electron chi connectivity index (χ2n) is 6.63. The van der Waals surface area contributed by atoms with Crippen molar-refractivity contribution in [3.63, 3.8) is 0 Å². The van der Waals surface area contributed by atoms with E-state index in [9.17, 15) is 9.59 Å². The van der Waals surface area contributed by atoms with Crippen molar-refractivity contribution in [3.8, 4) is 0 Å². The van der Waals surface area contributed by atoms with Crippen LogP contribution in [0, 0.1) is 6.92 Å². The number of carbonyl (C=O) groups excluding carboxylic acids is 2. The molecule has 0 fully saturated rings. The molecule has 1 atom stereocenters. The van der Waals surface area contributed by atoms with Gasteiger partial charge >= 0.3 is 0 Å². The Labute approximate surface area is 182 Å². The number of ketones is 1. The van der Waals surface area contributed by atoms with Crippen molar-refractivity contribution in [2.45, 2.75) is 25.0 Å². The van der Waals surface area contributed by atoms with Crippen LogP contribution in [0.25, 0.3) is 0 Å². The molecular formula is C21H21BrN4O2S. The largest absolute Gasteiger partial charge is 0.342 e. The van der Waals surface area contributed by atoms with E-state index in [1.54, 1.807) is 18.2 Å². The summed E-state index contributed by atoms with van der Waals surface area (Å²) in [6.07, 6.45) is 0. The summed E-state index contributed by atoms with van der Waals surface area (Å²) in [7, 11) is 1.83. The monoisotopic (exact) mass is 472 g/mol. The normalized spacial score (nSPS) is 11.9. The van der Waals surface area contributed by atoms with Gasteiger partial charge in [0.25, 0.3) is 5.91 Å². The molecule has 0 aliphatic heterocycles. The van der Waals surface area contributed by atoms with Gasteiger partial charge in [0.15, 0.2) is 16.8 Å². The highest BCUT2D eigenvalue weighted by atomic mass is 79.9. The molecule has 150 valence electrons. The first-order chi connectivity index (χ1) is 13.9. The van der Waals surface area contributed by atoms with Crippen LogP contribution in [-0.4, -0.2) is 32.2 Å². The summed E-state index contributed by atoms with van der Waals surface area (Å²) in [5.74, 6) is 0.758. The van der Waals surface area contributed by atoms with E-state index in [0.717, 1.165) is 10.0 Å². The van der Waals surface area contributed by atoms with Gasteiger partial charge in [0.1, 0.15) is 0 Å². The molecule has 0 radical (unpaired) electrons. The molecule has 1 amide bonds. The topological polar surface area (TPSA) is 76.9 Å². The minimum Gasteiger partial charge on any atom is -0.342 e. The van der Waals surface area contributed by atoms with Gasteiger partial charge in [-0.1, -0.05) is 58.0 Å². The van der Waals surface area contributed by atoms with Crippen LogP contribution < -0.4 is 5.32 Å². The SMILES string of the molecule is Cc1ccccc1C(=O)NC(C)c1nnc(SCC(=O)c2ccc(Br)cc2)n1C. The number of nitrogens with zero attached hydrogens (tertiary/aromatic N) is 3. The zero-order chi connectivity index (χ0) is 21.0. The molecular weight excluding hydrogens is 452 g/mol. The fourth-order valence-electron chi connectivity index (χ4n) is 2.84. The van der Waals surface area contributed by atoms with E-state index in [1.165, 1.54) is 11.8 Å². The van der Waals surface area contributed by atoms with Gasteiger partial charge in [0, 0.05) is 22.6 Å². The summed E-state index contributed by atoms with van der Waals surface area (Å²) in [4.78, 5) is 24.9. The van der Waals surface area contributed by atoms with E-state index in [1.807, 2.05) is 55.8 Å². The van der Waals surface area contributed by atoms with Crippen molar-refractivity contribution in [3.05, 3.63) is 75.5 Å². The third-order valence-electron chi connectivity index (χ3n) is 4.49. The Kier molecular flexibility index (Phi) is 6.87. The van der Waals surface area contributed by atoms with Crippen molar-refractivity contribution in [2.24, 2.45) is 7.05 Å². The highest BCUT2D eigenvalue weighted by Gasteiger charge is 2.19. The molecule has 1 aromatic heterocycles. The zero-order valence-corrected chi connectivity index (χ0v) is 18.8. The number of amides is 1. The van der Waals surface area contributed by atoms with Crippen molar-refractivity contribution >= 4 is 39.4 Å². The first-order valence-electron chi connectivity index (χ1n) is 9.04. The number of halogens is 1. The molecule has 3 rings (SSSR count). The van der Waals surface area contributed by atoms with Crippen LogP contribution in [0.2, 0.25) is 0 Å². The lowest BCUT2D eigenvalue weighted by atomic mass is 10.1. The zero-order valence-electron chi connectivity index (χ0n) is 16.3. The molecule has 0 bridgehead atoms. The maximum absolute atomic E-state index is 12.5. The number of aryl methyl sites for hydroxylation is 1.